The number of aliphatic hydroxyl groups is 1. The van der Waals surface area contributed by atoms with E-state index in [-0.39, 0.29) is 6.10 Å². The van der Waals surface area contributed by atoms with Crippen molar-refractivity contribution in [1.82, 2.24) is 4.90 Å². The van der Waals surface area contributed by atoms with Crippen LogP contribution < -0.4 is 5.73 Å². The van der Waals surface area contributed by atoms with Gasteiger partial charge in [0.2, 0.25) is 0 Å². The van der Waals surface area contributed by atoms with Crippen LogP contribution in [0.5, 0.6) is 0 Å². The molecule has 0 radical (unpaired) electrons. The number of rotatable bonds is 1. The molecule has 1 aliphatic carbocycles. The van der Waals surface area contributed by atoms with E-state index in [4.69, 9.17) is 5.73 Å². The molecule has 1 saturated heterocycles. The largest absolute Gasteiger partial charge is 0.391 e. The van der Waals surface area contributed by atoms with Gasteiger partial charge >= 0.3 is 0 Å². The second kappa shape index (κ2) is 4.81. The normalized spacial score (nSPS) is 44.2. The standard InChI is InChI=1S/C12H24N2O/c1-9-6-10(13)8-14(7-9)11-4-2-3-5-12(11)15/h9-12,15H,2-8,13H2,1H3. The topological polar surface area (TPSA) is 49.5 Å². The summed E-state index contributed by atoms with van der Waals surface area (Å²) in [7, 11) is 0. The molecule has 0 aromatic rings. The SMILES string of the molecule is CC1CC(N)CN(C2CCCCC2O)C1. The first-order valence-electron chi connectivity index (χ1n) is 6.34. The maximum Gasteiger partial charge on any atom is 0.0695 e. The lowest BCUT2D eigenvalue weighted by molar-refractivity contribution is -0.00200. The van der Waals surface area contributed by atoms with Gasteiger partial charge in [-0.1, -0.05) is 19.8 Å². The highest BCUT2D eigenvalue weighted by Gasteiger charge is 2.32. The Hall–Kier alpha value is -0.120. The second-order valence-electron chi connectivity index (χ2n) is 5.47. The quantitative estimate of drug-likeness (QED) is 0.680. The van der Waals surface area contributed by atoms with Crippen LogP contribution in [0.4, 0.5) is 0 Å². The summed E-state index contributed by atoms with van der Waals surface area (Å²) in [6, 6.07) is 0.690. The van der Waals surface area contributed by atoms with Gasteiger partial charge in [-0.25, -0.2) is 0 Å². The second-order valence-corrected chi connectivity index (χ2v) is 5.47. The van der Waals surface area contributed by atoms with Crippen molar-refractivity contribution in [3.8, 4) is 0 Å². The monoisotopic (exact) mass is 212 g/mol. The van der Waals surface area contributed by atoms with Crippen LogP contribution in [0.2, 0.25) is 0 Å². The van der Waals surface area contributed by atoms with Crippen molar-refractivity contribution in [2.75, 3.05) is 13.1 Å². The maximum atomic E-state index is 10.0. The summed E-state index contributed by atoms with van der Waals surface area (Å²) >= 11 is 0. The molecule has 3 N–H and O–H groups in total. The van der Waals surface area contributed by atoms with E-state index in [0.717, 1.165) is 32.4 Å². The summed E-state index contributed by atoms with van der Waals surface area (Å²) in [4.78, 5) is 2.43. The lowest BCUT2D eigenvalue weighted by Gasteiger charge is -2.43. The number of nitrogens with zero attached hydrogens (tertiary/aromatic N) is 1. The third kappa shape index (κ3) is 2.71. The number of piperidine rings is 1. The van der Waals surface area contributed by atoms with Crippen LogP contribution in [0.1, 0.15) is 39.0 Å². The van der Waals surface area contributed by atoms with E-state index in [0.29, 0.717) is 18.0 Å². The van der Waals surface area contributed by atoms with Crippen LogP contribution in [0, 0.1) is 5.92 Å². The van der Waals surface area contributed by atoms with E-state index in [1.165, 1.54) is 12.8 Å². The van der Waals surface area contributed by atoms with Gasteiger partial charge in [0.15, 0.2) is 0 Å². The molecule has 4 atom stereocenters. The van der Waals surface area contributed by atoms with Gasteiger partial charge in [0.05, 0.1) is 6.10 Å². The molecule has 1 saturated carbocycles. The Balaban J connectivity index is 1.95. The highest BCUT2D eigenvalue weighted by molar-refractivity contribution is 4.89. The molecule has 0 aromatic carbocycles. The van der Waals surface area contributed by atoms with Crippen LogP contribution in [-0.2, 0) is 0 Å². The van der Waals surface area contributed by atoms with Gasteiger partial charge in [0.25, 0.3) is 0 Å². The summed E-state index contributed by atoms with van der Waals surface area (Å²) in [5.41, 5.74) is 6.04. The van der Waals surface area contributed by atoms with E-state index in [1.54, 1.807) is 0 Å². The lowest BCUT2D eigenvalue weighted by atomic mass is 9.87. The number of likely N-dealkylation sites (tertiary alicyclic amines) is 1. The fraction of sp³-hybridized carbons (Fsp3) is 1.00. The number of aliphatic hydroxyl groups excluding tert-OH is 1. The molecule has 0 aromatic heterocycles. The molecular formula is C12H24N2O. The van der Waals surface area contributed by atoms with Crippen LogP contribution in [0.25, 0.3) is 0 Å². The molecule has 3 nitrogen and oxygen atoms in total. The van der Waals surface area contributed by atoms with Crippen molar-refractivity contribution in [2.24, 2.45) is 11.7 Å². The minimum Gasteiger partial charge on any atom is -0.391 e. The van der Waals surface area contributed by atoms with E-state index in [1.807, 2.05) is 0 Å². The van der Waals surface area contributed by atoms with Gasteiger partial charge in [0, 0.05) is 25.2 Å². The van der Waals surface area contributed by atoms with Gasteiger partial charge in [-0.2, -0.15) is 0 Å². The van der Waals surface area contributed by atoms with Crippen molar-refractivity contribution in [3.05, 3.63) is 0 Å². The highest BCUT2D eigenvalue weighted by Crippen LogP contribution is 2.26. The Labute approximate surface area is 92.6 Å². The molecule has 4 unspecified atom stereocenters. The third-order valence-corrected chi connectivity index (χ3v) is 3.88. The lowest BCUT2D eigenvalue weighted by Crippen LogP contribution is -2.54. The summed E-state index contributed by atoms with van der Waals surface area (Å²) in [5.74, 6) is 0.683. The highest BCUT2D eigenvalue weighted by atomic mass is 16.3. The van der Waals surface area contributed by atoms with Crippen molar-refractivity contribution in [3.63, 3.8) is 0 Å². The molecule has 2 aliphatic rings. The predicted molar refractivity (Wildman–Crippen MR) is 61.6 cm³/mol. The third-order valence-electron chi connectivity index (χ3n) is 3.88. The Kier molecular flexibility index (Phi) is 3.65. The fourth-order valence-electron chi connectivity index (χ4n) is 3.23. The van der Waals surface area contributed by atoms with Gasteiger partial charge < -0.3 is 10.8 Å². The summed E-state index contributed by atoms with van der Waals surface area (Å²) in [5, 5.41) is 10.0. The van der Waals surface area contributed by atoms with Gasteiger partial charge in [-0.3, -0.25) is 4.90 Å². The van der Waals surface area contributed by atoms with Gasteiger partial charge in [-0.05, 0) is 25.2 Å². The molecule has 0 bridgehead atoms. The zero-order valence-corrected chi connectivity index (χ0v) is 9.73. The average molecular weight is 212 g/mol. The molecule has 1 heterocycles. The van der Waals surface area contributed by atoms with Crippen LogP contribution >= 0.6 is 0 Å². The molecule has 2 fully saturated rings. The van der Waals surface area contributed by atoms with E-state index >= 15 is 0 Å². The van der Waals surface area contributed by atoms with Crippen molar-refractivity contribution >= 4 is 0 Å². The number of hydrogen-bond donors (Lipinski definition) is 2. The zero-order chi connectivity index (χ0) is 10.8. The first-order chi connectivity index (χ1) is 7.16. The fourth-order valence-corrected chi connectivity index (χ4v) is 3.23. The van der Waals surface area contributed by atoms with Gasteiger partial charge in [-0.15, -0.1) is 0 Å². The van der Waals surface area contributed by atoms with Crippen LogP contribution in [0.3, 0.4) is 0 Å². The molecule has 88 valence electrons. The maximum absolute atomic E-state index is 10.0. The predicted octanol–water partition coefficient (Wildman–Crippen LogP) is 0.959. The average Bonchev–Trinajstić information content (AvgIpc) is 2.16. The zero-order valence-electron chi connectivity index (χ0n) is 9.73. The van der Waals surface area contributed by atoms with Crippen molar-refractivity contribution < 1.29 is 5.11 Å². The summed E-state index contributed by atoms with van der Waals surface area (Å²) in [6.45, 7) is 4.36. The Bertz CT molecular complexity index is 200. The Morgan fingerprint density at radius 1 is 1.20 bits per heavy atom. The molecule has 0 amide bonds. The van der Waals surface area contributed by atoms with Crippen molar-refractivity contribution in [1.29, 1.82) is 0 Å². The van der Waals surface area contributed by atoms with Crippen LogP contribution in [-0.4, -0.2) is 41.3 Å². The van der Waals surface area contributed by atoms with Crippen LogP contribution in [0.15, 0.2) is 0 Å². The van der Waals surface area contributed by atoms with E-state index in [2.05, 4.69) is 11.8 Å². The smallest absolute Gasteiger partial charge is 0.0695 e. The molecule has 1 aliphatic heterocycles. The number of nitrogens with two attached hydrogens (primary N) is 1. The number of hydrogen-bond acceptors (Lipinski definition) is 3. The minimum atomic E-state index is -0.115. The molecule has 0 spiro atoms. The van der Waals surface area contributed by atoms with E-state index in [9.17, 15) is 5.11 Å². The first kappa shape index (κ1) is 11.4. The first-order valence-corrected chi connectivity index (χ1v) is 6.34. The summed E-state index contributed by atoms with van der Waals surface area (Å²) < 4.78 is 0. The Morgan fingerprint density at radius 3 is 2.60 bits per heavy atom. The summed E-state index contributed by atoms with van der Waals surface area (Å²) in [6.07, 6.45) is 5.61. The van der Waals surface area contributed by atoms with E-state index < -0.39 is 0 Å². The van der Waals surface area contributed by atoms with Gasteiger partial charge in [0.1, 0.15) is 0 Å². The molecule has 15 heavy (non-hydrogen) atoms. The Morgan fingerprint density at radius 2 is 1.93 bits per heavy atom. The molecule has 3 heteroatoms. The molecular weight excluding hydrogens is 188 g/mol. The minimum absolute atomic E-state index is 0.115. The molecule has 2 rings (SSSR count). The van der Waals surface area contributed by atoms with Crippen molar-refractivity contribution in [2.45, 2.75) is 57.2 Å².